The van der Waals surface area contributed by atoms with E-state index in [2.05, 4.69) is 0 Å². The second kappa shape index (κ2) is 4.94. The molecule has 0 saturated carbocycles. The minimum absolute atomic E-state index is 0.112. The largest absolute Gasteiger partial charge is 0.416 e. The summed E-state index contributed by atoms with van der Waals surface area (Å²) in [6.07, 6.45) is -10.1. The monoisotopic (exact) mass is 320 g/mol. The van der Waals surface area contributed by atoms with Gasteiger partial charge in [0, 0.05) is 0 Å². The summed E-state index contributed by atoms with van der Waals surface area (Å²) in [5.74, 6) is 0. The summed E-state index contributed by atoms with van der Waals surface area (Å²) in [4.78, 5) is -0.991. The first-order valence-electron chi connectivity index (χ1n) is 5.29. The fourth-order valence-electron chi connectivity index (χ4n) is 1.36. The lowest BCUT2D eigenvalue weighted by Gasteiger charge is -2.15. The van der Waals surface area contributed by atoms with Crippen LogP contribution in [0.4, 0.5) is 26.3 Å². The third kappa shape index (κ3) is 3.44. The van der Waals surface area contributed by atoms with Gasteiger partial charge in [0.2, 0.25) is 0 Å². The van der Waals surface area contributed by atoms with Crippen molar-refractivity contribution in [2.75, 3.05) is 0 Å². The number of sulfone groups is 1. The normalized spacial score (nSPS) is 13.8. The van der Waals surface area contributed by atoms with E-state index in [-0.39, 0.29) is 18.2 Å². The van der Waals surface area contributed by atoms with Gasteiger partial charge in [-0.05, 0) is 32.0 Å². The average Bonchev–Trinajstić information content (AvgIpc) is 2.25. The van der Waals surface area contributed by atoms with E-state index in [1.807, 2.05) is 0 Å². The first-order valence-corrected chi connectivity index (χ1v) is 6.84. The highest BCUT2D eigenvalue weighted by Gasteiger charge is 2.38. The van der Waals surface area contributed by atoms with Crippen molar-refractivity contribution in [1.29, 1.82) is 0 Å². The van der Waals surface area contributed by atoms with Crippen molar-refractivity contribution in [3.63, 3.8) is 0 Å². The van der Waals surface area contributed by atoms with Crippen molar-refractivity contribution in [2.24, 2.45) is 0 Å². The quantitative estimate of drug-likeness (QED) is 0.774. The molecule has 0 atom stereocenters. The van der Waals surface area contributed by atoms with Crippen LogP contribution < -0.4 is 0 Å². The first kappa shape index (κ1) is 16.8. The maximum absolute atomic E-state index is 12.6. The van der Waals surface area contributed by atoms with Gasteiger partial charge in [0.05, 0.1) is 21.3 Å². The predicted octanol–water partition coefficient (Wildman–Crippen LogP) is 3.91. The van der Waals surface area contributed by atoms with Gasteiger partial charge in [0.1, 0.15) is 0 Å². The van der Waals surface area contributed by atoms with Crippen LogP contribution >= 0.6 is 0 Å². The van der Waals surface area contributed by atoms with Crippen molar-refractivity contribution in [1.82, 2.24) is 0 Å². The topological polar surface area (TPSA) is 34.1 Å². The van der Waals surface area contributed by atoms with Gasteiger partial charge in [0.15, 0.2) is 9.84 Å². The van der Waals surface area contributed by atoms with Crippen LogP contribution in [0.5, 0.6) is 0 Å². The lowest BCUT2D eigenvalue weighted by atomic mass is 10.1. The highest BCUT2D eigenvalue weighted by molar-refractivity contribution is 7.92. The number of benzene rings is 1. The molecule has 9 heteroatoms. The van der Waals surface area contributed by atoms with Crippen molar-refractivity contribution in [3.05, 3.63) is 29.3 Å². The van der Waals surface area contributed by atoms with Gasteiger partial charge in [-0.15, -0.1) is 0 Å². The van der Waals surface area contributed by atoms with Crippen LogP contribution in [0.1, 0.15) is 25.0 Å². The fraction of sp³-hybridized carbons (Fsp3) is 0.455. The molecule has 0 fully saturated rings. The molecule has 0 saturated heterocycles. The summed E-state index contributed by atoms with van der Waals surface area (Å²) in [5.41, 5.74) is -3.29. The summed E-state index contributed by atoms with van der Waals surface area (Å²) >= 11 is 0. The first-order chi connectivity index (χ1) is 8.76. The molecule has 1 aromatic carbocycles. The van der Waals surface area contributed by atoms with Crippen LogP contribution in [0, 0.1) is 0 Å². The van der Waals surface area contributed by atoms with E-state index in [9.17, 15) is 34.8 Å². The Morgan fingerprint density at radius 2 is 1.20 bits per heavy atom. The molecule has 0 bridgehead atoms. The molecule has 0 heterocycles. The van der Waals surface area contributed by atoms with Gasteiger partial charge in [-0.25, -0.2) is 8.42 Å². The molecule has 114 valence electrons. The van der Waals surface area contributed by atoms with Gasteiger partial charge in [0.25, 0.3) is 0 Å². The second-order valence-electron chi connectivity index (χ2n) is 4.34. The van der Waals surface area contributed by atoms with E-state index in [4.69, 9.17) is 0 Å². The second-order valence-corrected chi connectivity index (χ2v) is 6.84. The van der Waals surface area contributed by atoms with Gasteiger partial charge < -0.3 is 0 Å². The maximum atomic E-state index is 12.6. The van der Waals surface area contributed by atoms with Gasteiger partial charge in [-0.2, -0.15) is 26.3 Å². The molecule has 0 aromatic heterocycles. The van der Waals surface area contributed by atoms with Crippen molar-refractivity contribution in [3.8, 4) is 0 Å². The van der Waals surface area contributed by atoms with E-state index in [0.717, 1.165) is 0 Å². The highest BCUT2D eigenvalue weighted by atomic mass is 32.2. The molecule has 2 nitrogen and oxygen atoms in total. The summed E-state index contributed by atoms with van der Waals surface area (Å²) in [7, 11) is -4.24. The Labute approximate surface area is 111 Å². The Hall–Kier alpha value is -1.25. The molecule has 0 aliphatic heterocycles. The molecule has 1 aromatic rings. The molecular weight excluding hydrogens is 310 g/mol. The average molecular weight is 320 g/mol. The van der Waals surface area contributed by atoms with E-state index in [1.165, 1.54) is 13.8 Å². The molecule has 20 heavy (non-hydrogen) atoms. The zero-order valence-electron chi connectivity index (χ0n) is 10.3. The molecule has 0 aliphatic rings. The molecule has 0 N–H and O–H groups in total. The van der Waals surface area contributed by atoms with E-state index in [1.54, 1.807) is 0 Å². The van der Waals surface area contributed by atoms with Gasteiger partial charge in [-0.1, -0.05) is 0 Å². The Balaban J connectivity index is 3.64. The highest BCUT2D eigenvalue weighted by Crippen LogP contribution is 2.37. The Morgan fingerprint density at radius 3 is 1.45 bits per heavy atom. The number of halogens is 6. The summed E-state index contributed by atoms with van der Waals surface area (Å²) in [6, 6.07) is 0.314. The number of alkyl halides is 6. The third-order valence-electron chi connectivity index (χ3n) is 2.51. The van der Waals surface area contributed by atoms with Crippen LogP contribution in [0.2, 0.25) is 0 Å². The minimum atomic E-state index is -5.07. The molecule has 0 unspecified atom stereocenters. The van der Waals surface area contributed by atoms with Gasteiger partial charge >= 0.3 is 12.4 Å². The predicted molar refractivity (Wildman–Crippen MR) is 58.8 cm³/mol. The number of hydrogen-bond acceptors (Lipinski definition) is 2. The summed E-state index contributed by atoms with van der Waals surface area (Å²) in [6.45, 7) is 2.34. The van der Waals surface area contributed by atoms with Crippen LogP contribution in [0.25, 0.3) is 0 Å². The van der Waals surface area contributed by atoms with E-state index < -0.39 is 43.5 Å². The van der Waals surface area contributed by atoms with Crippen LogP contribution in [-0.2, 0) is 22.2 Å². The third-order valence-corrected chi connectivity index (χ3v) is 4.64. The molecule has 0 amide bonds. The zero-order valence-corrected chi connectivity index (χ0v) is 11.1. The lowest BCUT2D eigenvalue weighted by Crippen LogP contribution is -2.18. The van der Waals surface area contributed by atoms with Crippen LogP contribution in [-0.4, -0.2) is 13.7 Å². The van der Waals surface area contributed by atoms with Crippen molar-refractivity contribution >= 4 is 9.84 Å². The Bertz CT molecular complexity index is 566. The van der Waals surface area contributed by atoms with Crippen LogP contribution in [0.3, 0.4) is 0 Å². The van der Waals surface area contributed by atoms with E-state index in [0.29, 0.717) is 0 Å². The van der Waals surface area contributed by atoms with Crippen LogP contribution in [0.15, 0.2) is 23.1 Å². The minimum Gasteiger partial charge on any atom is -0.223 e. The standard InChI is InChI=1S/C11H10F6O2S/c1-6(2)20(18,19)9-4-7(10(12,13)14)3-8(5-9)11(15,16)17/h3-6H,1-2H3. The molecule has 1 rings (SSSR count). The zero-order chi connectivity index (χ0) is 15.9. The fourth-order valence-corrected chi connectivity index (χ4v) is 2.49. The molecular formula is C11H10F6O2S. The molecule has 0 spiro atoms. The summed E-state index contributed by atoms with van der Waals surface area (Å²) in [5, 5.41) is -1.13. The van der Waals surface area contributed by atoms with Crippen molar-refractivity contribution < 1.29 is 34.8 Å². The Morgan fingerprint density at radius 1 is 0.850 bits per heavy atom. The number of hydrogen-bond donors (Lipinski definition) is 0. The molecule has 0 aliphatic carbocycles. The van der Waals surface area contributed by atoms with Crippen molar-refractivity contribution in [2.45, 2.75) is 36.3 Å². The van der Waals surface area contributed by atoms with E-state index >= 15 is 0 Å². The van der Waals surface area contributed by atoms with Gasteiger partial charge in [-0.3, -0.25) is 0 Å². The SMILES string of the molecule is CC(C)S(=O)(=O)c1cc(C(F)(F)F)cc(C(F)(F)F)c1. The smallest absolute Gasteiger partial charge is 0.223 e. The molecule has 0 radical (unpaired) electrons. The summed E-state index contributed by atoms with van der Waals surface area (Å²) < 4.78 is 98.9. The lowest BCUT2D eigenvalue weighted by molar-refractivity contribution is -0.143. The maximum Gasteiger partial charge on any atom is 0.416 e. The Kier molecular flexibility index (Phi) is 4.15. The number of rotatable bonds is 2.